The molecular weight excluding hydrogens is 444 g/mol. The number of carbonyl (C=O) groups is 1. The average Bonchev–Trinajstić information content (AvgIpc) is 3.34. The van der Waals surface area contributed by atoms with E-state index in [0.717, 1.165) is 42.6 Å². The highest BCUT2D eigenvalue weighted by atomic mass is 16.6. The van der Waals surface area contributed by atoms with Crippen LogP contribution in [0.3, 0.4) is 0 Å². The maximum absolute atomic E-state index is 13.1. The number of pyridine rings is 1. The fourth-order valence-electron chi connectivity index (χ4n) is 4.44. The number of anilines is 2. The number of aryl methyl sites for hydroxylation is 2. The number of carbonyl (C=O) groups excluding carboxylic acids is 1. The second-order valence-corrected chi connectivity index (χ2v) is 8.48. The molecule has 0 unspecified atom stereocenters. The molecule has 35 heavy (non-hydrogen) atoms. The van der Waals surface area contributed by atoms with E-state index in [-0.39, 0.29) is 10.9 Å². The smallest absolute Gasteiger partial charge is 0.280 e. The molecule has 9 nitrogen and oxygen atoms in total. The molecule has 1 aliphatic carbocycles. The van der Waals surface area contributed by atoms with Gasteiger partial charge < -0.3 is 15.6 Å². The number of amides is 1. The molecule has 0 spiro atoms. The van der Waals surface area contributed by atoms with Crippen LogP contribution in [0.15, 0.2) is 59.7 Å². The minimum atomic E-state index is -0.630. The first-order valence-electron chi connectivity index (χ1n) is 11.5. The Balaban J connectivity index is 1.62. The molecule has 0 bridgehead atoms. The molecule has 4 N–H and O–H groups in total. The standard InChI is InChI=1S/C26H26N6O3/c1-35-31-25(34)22-15-32(20-10-7-17-3-2-4-18(17)13-20)24-21(23(22)33)14-28-26(30-24)29-19-8-5-16(6-9-19)11-12-27/h5-10,13-15H,2-4,11-12,27H2,1H3,(H,31,34)(H,28,29,30). The van der Waals surface area contributed by atoms with E-state index < -0.39 is 11.3 Å². The Morgan fingerprint density at radius 1 is 1.14 bits per heavy atom. The lowest BCUT2D eigenvalue weighted by atomic mass is 10.1. The molecule has 0 fully saturated rings. The first-order valence-corrected chi connectivity index (χ1v) is 11.5. The number of nitrogens with zero attached hydrogens (tertiary/aromatic N) is 3. The highest BCUT2D eigenvalue weighted by Crippen LogP contribution is 2.26. The summed E-state index contributed by atoms with van der Waals surface area (Å²) < 4.78 is 1.76. The van der Waals surface area contributed by atoms with Crippen molar-refractivity contribution in [2.24, 2.45) is 5.73 Å². The summed E-state index contributed by atoms with van der Waals surface area (Å²) in [7, 11) is 1.32. The minimum Gasteiger partial charge on any atom is -0.330 e. The SMILES string of the molecule is CONC(=O)c1cn(-c2ccc3c(c2)CCC3)c2nc(Nc3ccc(CCN)cc3)ncc2c1=O. The van der Waals surface area contributed by atoms with Crippen LogP contribution in [-0.2, 0) is 24.1 Å². The third-order valence-corrected chi connectivity index (χ3v) is 6.19. The quantitative estimate of drug-likeness (QED) is 0.355. The number of nitrogens with two attached hydrogens (primary N) is 1. The van der Waals surface area contributed by atoms with E-state index in [4.69, 9.17) is 10.6 Å². The first-order chi connectivity index (χ1) is 17.1. The molecular formula is C26H26N6O3. The lowest BCUT2D eigenvalue weighted by molar-refractivity contribution is 0.0536. The van der Waals surface area contributed by atoms with Gasteiger partial charge in [0.1, 0.15) is 5.56 Å². The van der Waals surface area contributed by atoms with Crippen molar-refractivity contribution in [3.63, 3.8) is 0 Å². The Labute approximate surface area is 201 Å². The number of rotatable bonds is 7. The normalized spacial score (nSPS) is 12.5. The zero-order chi connectivity index (χ0) is 24.4. The van der Waals surface area contributed by atoms with E-state index in [0.29, 0.717) is 18.1 Å². The summed E-state index contributed by atoms with van der Waals surface area (Å²) in [5.74, 6) is -0.290. The Bertz CT molecular complexity index is 1460. The minimum absolute atomic E-state index is 0.0559. The predicted octanol–water partition coefficient (Wildman–Crippen LogP) is 2.81. The van der Waals surface area contributed by atoms with Gasteiger partial charge in [0.05, 0.1) is 12.5 Å². The summed E-state index contributed by atoms with van der Waals surface area (Å²) in [5, 5.41) is 3.43. The van der Waals surface area contributed by atoms with Crippen molar-refractivity contribution in [1.82, 2.24) is 20.0 Å². The van der Waals surface area contributed by atoms with Crippen LogP contribution in [0, 0.1) is 0 Å². The molecule has 1 aliphatic rings. The molecule has 2 heterocycles. The zero-order valence-electron chi connectivity index (χ0n) is 19.4. The summed E-state index contributed by atoms with van der Waals surface area (Å²) in [6.07, 6.45) is 6.93. The molecule has 4 aromatic rings. The van der Waals surface area contributed by atoms with Crippen LogP contribution in [-0.4, -0.2) is 34.1 Å². The van der Waals surface area contributed by atoms with Crippen molar-refractivity contribution in [1.29, 1.82) is 0 Å². The Morgan fingerprint density at radius 3 is 2.71 bits per heavy atom. The molecule has 2 aromatic carbocycles. The van der Waals surface area contributed by atoms with Crippen molar-refractivity contribution < 1.29 is 9.63 Å². The van der Waals surface area contributed by atoms with Crippen LogP contribution in [0.2, 0.25) is 0 Å². The van der Waals surface area contributed by atoms with E-state index >= 15 is 0 Å². The van der Waals surface area contributed by atoms with Gasteiger partial charge in [0, 0.05) is 23.8 Å². The molecule has 2 aromatic heterocycles. The third kappa shape index (κ3) is 4.51. The highest BCUT2D eigenvalue weighted by Gasteiger charge is 2.19. The van der Waals surface area contributed by atoms with Crippen LogP contribution in [0.25, 0.3) is 16.7 Å². The van der Waals surface area contributed by atoms with Crippen LogP contribution in [0.5, 0.6) is 0 Å². The van der Waals surface area contributed by atoms with Gasteiger partial charge in [0.25, 0.3) is 5.91 Å². The number of fused-ring (bicyclic) bond motifs is 2. The Morgan fingerprint density at radius 2 is 1.94 bits per heavy atom. The van der Waals surface area contributed by atoms with Crippen LogP contribution < -0.4 is 22.0 Å². The second kappa shape index (κ2) is 9.65. The van der Waals surface area contributed by atoms with Crippen molar-refractivity contribution >= 4 is 28.6 Å². The summed E-state index contributed by atoms with van der Waals surface area (Å²) >= 11 is 0. The predicted molar refractivity (Wildman–Crippen MR) is 134 cm³/mol. The van der Waals surface area contributed by atoms with Crippen molar-refractivity contribution in [2.75, 3.05) is 19.0 Å². The van der Waals surface area contributed by atoms with Crippen LogP contribution in [0.4, 0.5) is 11.6 Å². The molecule has 178 valence electrons. The van der Waals surface area contributed by atoms with Gasteiger partial charge in [-0.15, -0.1) is 0 Å². The molecule has 0 radical (unpaired) electrons. The van der Waals surface area contributed by atoms with Gasteiger partial charge in [-0.3, -0.25) is 14.4 Å². The van der Waals surface area contributed by atoms with Crippen molar-refractivity contribution in [3.05, 3.63) is 87.3 Å². The van der Waals surface area contributed by atoms with E-state index in [1.54, 1.807) is 4.57 Å². The summed E-state index contributed by atoms with van der Waals surface area (Å²) in [4.78, 5) is 39.4. The number of aromatic nitrogens is 3. The maximum Gasteiger partial charge on any atom is 0.280 e. The third-order valence-electron chi connectivity index (χ3n) is 6.19. The van der Waals surface area contributed by atoms with Gasteiger partial charge in [-0.2, -0.15) is 4.98 Å². The van der Waals surface area contributed by atoms with Crippen molar-refractivity contribution in [2.45, 2.75) is 25.7 Å². The van der Waals surface area contributed by atoms with Crippen LogP contribution >= 0.6 is 0 Å². The summed E-state index contributed by atoms with van der Waals surface area (Å²) in [6.45, 7) is 0.588. The van der Waals surface area contributed by atoms with Gasteiger partial charge in [-0.25, -0.2) is 10.5 Å². The number of hydroxylamine groups is 1. The molecule has 0 saturated heterocycles. The van der Waals surface area contributed by atoms with Gasteiger partial charge in [0.15, 0.2) is 5.65 Å². The summed E-state index contributed by atoms with van der Waals surface area (Å²) in [6, 6.07) is 14.0. The maximum atomic E-state index is 13.1. The topological polar surface area (TPSA) is 124 Å². The molecule has 0 saturated carbocycles. The van der Waals surface area contributed by atoms with Gasteiger partial charge in [-0.05, 0) is 73.2 Å². The molecule has 1 amide bonds. The molecule has 0 atom stereocenters. The second-order valence-electron chi connectivity index (χ2n) is 8.48. The zero-order valence-corrected chi connectivity index (χ0v) is 19.4. The number of benzene rings is 2. The lowest BCUT2D eigenvalue weighted by Gasteiger charge is -2.15. The van der Waals surface area contributed by atoms with Crippen molar-refractivity contribution in [3.8, 4) is 5.69 Å². The number of nitrogens with one attached hydrogen (secondary N) is 2. The van der Waals surface area contributed by atoms with E-state index in [9.17, 15) is 9.59 Å². The van der Waals surface area contributed by atoms with E-state index in [1.165, 1.54) is 30.6 Å². The molecule has 0 aliphatic heterocycles. The van der Waals surface area contributed by atoms with Gasteiger partial charge in [-0.1, -0.05) is 18.2 Å². The lowest BCUT2D eigenvalue weighted by Crippen LogP contribution is -2.29. The van der Waals surface area contributed by atoms with E-state index in [2.05, 4.69) is 32.9 Å². The fourth-order valence-corrected chi connectivity index (χ4v) is 4.44. The average molecular weight is 471 g/mol. The first kappa shape index (κ1) is 22.7. The number of hydrogen-bond acceptors (Lipinski definition) is 7. The molecule has 9 heteroatoms. The molecule has 5 rings (SSSR count). The number of hydrogen-bond donors (Lipinski definition) is 3. The fraction of sp³-hybridized carbons (Fsp3) is 0.231. The Hall–Kier alpha value is -4.08. The van der Waals surface area contributed by atoms with Gasteiger partial charge >= 0.3 is 0 Å². The summed E-state index contributed by atoms with van der Waals surface area (Å²) in [5.41, 5.74) is 13.1. The van der Waals surface area contributed by atoms with E-state index in [1.807, 2.05) is 30.3 Å². The monoisotopic (exact) mass is 470 g/mol. The van der Waals surface area contributed by atoms with Crippen LogP contribution in [0.1, 0.15) is 33.5 Å². The Kier molecular flexibility index (Phi) is 6.26. The largest absolute Gasteiger partial charge is 0.330 e. The highest BCUT2D eigenvalue weighted by molar-refractivity contribution is 5.96. The van der Waals surface area contributed by atoms with Gasteiger partial charge in [0.2, 0.25) is 11.4 Å².